The first-order valence-electron chi connectivity index (χ1n) is 7.87. The second-order valence-corrected chi connectivity index (χ2v) is 9.56. The first-order valence-corrected chi connectivity index (χ1v) is 9.70. The van der Waals surface area contributed by atoms with Crippen LogP contribution in [0.3, 0.4) is 0 Å². The van der Waals surface area contributed by atoms with Crippen molar-refractivity contribution < 1.29 is 17.6 Å². The number of nitrogens with zero attached hydrogens (tertiary/aromatic N) is 1. The molecular formula is C17H24N2O4S. The summed E-state index contributed by atoms with van der Waals surface area (Å²) in [6, 6.07) is 5.07. The van der Waals surface area contributed by atoms with Crippen molar-refractivity contribution in [3.8, 4) is 0 Å². The molecule has 0 saturated heterocycles. The minimum absolute atomic E-state index is 0.00230. The highest BCUT2D eigenvalue weighted by molar-refractivity contribution is 7.92. The lowest BCUT2D eigenvalue weighted by atomic mass is 9.97. The molecule has 0 aliphatic carbocycles. The van der Waals surface area contributed by atoms with Crippen molar-refractivity contribution in [2.24, 2.45) is 5.92 Å². The topological polar surface area (TPSA) is 89.3 Å². The minimum atomic E-state index is -3.40. The molecule has 6 nitrogen and oxygen atoms in total. The fourth-order valence-electron chi connectivity index (χ4n) is 2.29. The Labute approximate surface area is 142 Å². The number of nitrogens with one attached hydrogen (secondary N) is 1. The number of aromatic nitrogens is 1. The molecule has 2 rings (SSSR count). The van der Waals surface area contributed by atoms with Crippen molar-refractivity contribution in [2.75, 3.05) is 16.8 Å². The lowest BCUT2D eigenvalue weighted by Gasteiger charge is -2.11. The second kappa shape index (κ2) is 6.55. The molecule has 1 aromatic heterocycles. The van der Waals surface area contributed by atoms with E-state index >= 15 is 0 Å². The van der Waals surface area contributed by atoms with Gasteiger partial charge >= 0.3 is 0 Å². The Kier molecular flexibility index (Phi) is 5.03. The van der Waals surface area contributed by atoms with E-state index in [-0.39, 0.29) is 17.1 Å². The fraction of sp³-hybridized carbons (Fsp3) is 0.529. The largest absolute Gasteiger partial charge is 0.440 e. The number of carbonyl (C=O) groups excluding carboxylic acids is 1. The number of carbonyl (C=O) groups is 1. The van der Waals surface area contributed by atoms with Crippen molar-refractivity contribution >= 4 is 32.5 Å². The van der Waals surface area contributed by atoms with Gasteiger partial charge in [0.15, 0.2) is 15.4 Å². The SMILES string of the molecule is CC(C)CS(=O)(=O)CC(=O)Nc1ccc2oc(C(C)(C)C)nc2c1. The highest BCUT2D eigenvalue weighted by atomic mass is 32.2. The van der Waals surface area contributed by atoms with Gasteiger partial charge in [-0.3, -0.25) is 4.79 Å². The highest BCUT2D eigenvalue weighted by Gasteiger charge is 2.22. The van der Waals surface area contributed by atoms with Gasteiger partial charge in [0, 0.05) is 11.1 Å². The molecule has 132 valence electrons. The van der Waals surface area contributed by atoms with E-state index in [9.17, 15) is 13.2 Å². The van der Waals surface area contributed by atoms with Gasteiger partial charge in [-0.05, 0) is 24.1 Å². The minimum Gasteiger partial charge on any atom is -0.440 e. The summed E-state index contributed by atoms with van der Waals surface area (Å²) in [5.41, 5.74) is 1.54. The molecule has 0 aliphatic rings. The van der Waals surface area contributed by atoms with Crippen LogP contribution in [0.25, 0.3) is 11.1 Å². The standard InChI is InChI=1S/C17H24N2O4S/c1-11(2)9-24(21,22)10-15(20)18-12-6-7-14-13(8-12)19-16(23-14)17(3,4)5/h6-8,11H,9-10H2,1-5H3,(H,18,20). The van der Waals surface area contributed by atoms with E-state index in [1.54, 1.807) is 32.0 Å². The number of anilines is 1. The van der Waals surface area contributed by atoms with E-state index in [1.807, 2.05) is 20.8 Å². The lowest BCUT2D eigenvalue weighted by Crippen LogP contribution is -2.26. The van der Waals surface area contributed by atoms with Gasteiger partial charge in [-0.15, -0.1) is 0 Å². The Morgan fingerprint density at radius 3 is 2.54 bits per heavy atom. The maximum absolute atomic E-state index is 12.0. The third-order valence-electron chi connectivity index (χ3n) is 3.25. The molecule has 0 atom stereocenters. The van der Waals surface area contributed by atoms with Crippen molar-refractivity contribution in [1.29, 1.82) is 0 Å². The third kappa shape index (κ3) is 4.80. The molecule has 1 aromatic carbocycles. The van der Waals surface area contributed by atoms with Crippen LogP contribution in [0.2, 0.25) is 0 Å². The van der Waals surface area contributed by atoms with Gasteiger partial charge in [0.1, 0.15) is 11.3 Å². The smallest absolute Gasteiger partial charge is 0.239 e. The zero-order valence-corrected chi connectivity index (χ0v) is 15.5. The number of sulfone groups is 1. The highest BCUT2D eigenvalue weighted by Crippen LogP contribution is 2.27. The average molecular weight is 352 g/mol. The fourth-order valence-corrected chi connectivity index (χ4v) is 3.89. The maximum atomic E-state index is 12.0. The Balaban J connectivity index is 2.14. The quantitative estimate of drug-likeness (QED) is 0.893. The molecule has 1 heterocycles. The summed E-state index contributed by atoms with van der Waals surface area (Å²) in [5.74, 6) is -0.465. The van der Waals surface area contributed by atoms with Crippen LogP contribution in [0, 0.1) is 5.92 Å². The number of hydrogen-bond acceptors (Lipinski definition) is 5. The third-order valence-corrected chi connectivity index (χ3v) is 5.13. The molecule has 24 heavy (non-hydrogen) atoms. The van der Waals surface area contributed by atoms with Gasteiger partial charge in [0.25, 0.3) is 0 Å². The number of benzene rings is 1. The number of amides is 1. The zero-order valence-electron chi connectivity index (χ0n) is 14.7. The van der Waals surface area contributed by atoms with Crippen molar-refractivity contribution in [2.45, 2.75) is 40.0 Å². The monoisotopic (exact) mass is 352 g/mol. The molecule has 0 radical (unpaired) electrons. The van der Waals surface area contributed by atoms with E-state index in [0.717, 1.165) is 0 Å². The van der Waals surface area contributed by atoms with Crippen LogP contribution in [-0.2, 0) is 20.0 Å². The van der Waals surface area contributed by atoms with Gasteiger partial charge in [-0.25, -0.2) is 13.4 Å². The number of oxazole rings is 1. The summed E-state index contributed by atoms with van der Waals surface area (Å²) in [6.07, 6.45) is 0. The summed E-state index contributed by atoms with van der Waals surface area (Å²) >= 11 is 0. The summed E-state index contributed by atoms with van der Waals surface area (Å²) in [5, 5.41) is 2.61. The van der Waals surface area contributed by atoms with Gasteiger partial charge in [-0.2, -0.15) is 0 Å². The molecule has 1 amide bonds. The molecule has 0 saturated carbocycles. The van der Waals surface area contributed by atoms with Crippen LogP contribution in [0.4, 0.5) is 5.69 Å². The molecule has 2 aromatic rings. The predicted molar refractivity (Wildman–Crippen MR) is 94.8 cm³/mol. The summed E-state index contributed by atoms with van der Waals surface area (Å²) in [4.78, 5) is 16.4. The Bertz CT molecular complexity index is 845. The molecule has 7 heteroatoms. The van der Waals surface area contributed by atoms with Gasteiger partial charge in [-0.1, -0.05) is 34.6 Å². The van der Waals surface area contributed by atoms with Crippen LogP contribution in [0.15, 0.2) is 22.6 Å². The van der Waals surface area contributed by atoms with Crippen molar-refractivity contribution in [1.82, 2.24) is 4.98 Å². The normalized spacial score (nSPS) is 12.8. The van der Waals surface area contributed by atoms with Crippen molar-refractivity contribution in [3.05, 3.63) is 24.1 Å². The first-order chi connectivity index (χ1) is 11.0. The predicted octanol–water partition coefficient (Wildman–Crippen LogP) is 3.13. The van der Waals surface area contributed by atoms with Crippen LogP contribution in [0.5, 0.6) is 0 Å². The summed E-state index contributed by atoms with van der Waals surface area (Å²) in [6.45, 7) is 9.61. The van der Waals surface area contributed by atoms with E-state index in [0.29, 0.717) is 22.7 Å². The number of fused-ring (bicyclic) bond motifs is 1. The molecule has 0 aliphatic heterocycles. The van der Waals surface area contributed by atoms with Crippen LogP contribution >= 0.6 is 0 Å². The molecule has 0 unspecified atom stereocenters. The maximum Gasteiger partial charge on any atom is 0.239 e. The van der Waals surface area contributed by atoms with Crippen LogP contribution in [-0.4, -0.2) is 30.8 Å². The van der Waals surface area contributed by atoms with Crippen molar-refractivity contribution in [3.63, 3.8) is 0 Å². The van der Waals surface area contributed by atoms with E-state index in [2.05, 4.69) is 10.3 Å². The number of rotatable bonds is 5. The van der Waals surface area contributed by atoms with Crippen LogP contribution in [0.1, 0.15) is 40.5 Å². The van der Waals surface area contributed by atoms with Gasteiger partial charge in [0.2, 0.25) is 11.8 Å². The van der Waals surface area contributed by atoms with Crippen LogP contribution < -0.4 is 5.32 Å². The Morgan fingerprint density at radius 2 is 1.96 bits per heavy atom. The molecule has 1 N–H and O–H groups in total. The summed E-state index contributed by atoms with van der Waals surface area (Å²) < 4.78 is 29.5. The average Bonchev–Trinajstić information content (AvgIpc) is 2.78. The van der Waals surface area contributed by atoms with E-state index < -0.39 is 21.5 Å². The van der Waals surface area contributed by atoms with E-state index in [4.69, 9.17) is 4.42 Å². The number of hydrogen-bond donors (Lipinski definition) is 1. The second-order valence-electron chi connectivity index (χ2n) is 7.45. The summed E-state index contributed by atoms with van der Waals surface area (Å²) in [7, 11) is -3.40. The molecule has 0 fully saturated rings. The van der Waals surface area contributed by atoms with Gasteiger partial charge < -0.3 is 9.73 Å². The Hall–Kier alpha value is -1.89. The molecule has 0 bridgehead atoms. The van der Waals surface area contributed by atoms with E-state index in [1.165, 1.54) is 0 Å². The van der Waals surface area contributed by atoms with Gasteiger partial charge in [0.05, 0.1) is 5.75 Å². The first kappa shape index (κ1) is 18.4. The molecular weight excluding hydrogens is 328 g/mol. The molecule has 0 spiro atoms. The Morgan fingerprint density at radius 1 is 1.29 bits per heavy atom. The zero-order chi connectivity index (χ0) is 18.1. The lowest BCUT2D eigenvalue weighted by molar-refractivity contribution is -0.113.